The highest BCUT2D eigenvalue weighted by Crippen LogP contribution is 2.34. The number of carbonyl (C=O) groups is 1. The first-order valence-corrected chi connectivity index (χ1v) is 10.0. The monoisotopic (exact) mass is 381 g/mol. The minimum Gasteiger partial charge on any atom is -0.328 e. The molecule has 4 rings (SSSR count). The van der Waals surface area contributed by atoms with E-state index >= 15 is 0 Å². The van der Waals surface area contributed by atoms with E-state index in [2.05, 4.69) is 26.4 Å². The average molecular weight is 382 g/mol. The molecule has 0 radical (unpaired) electrons. The van der Waals surface area contributed by atoms with Crippen LogP contribution in [0.5, 0.6) is 0 Å². The number of pyridine rings is 1. The third kappa shape index (κ3) is 3.39. The first-order chi connectivity index (χ1) is 13.0. The fraction of sp³-hybridized carbons (Fsp3) is 0.400. The van der Waals surface area contributed by atoms with E-state index < -0.39 is 0 Å². The molecule has 0 bridgehead atoms. The number of nitrogens with zero attached hydrogens (tertiary/aromatic N) is 5. The first kappa shape index (κ1) is 17.9. The van der Waals surface area contributed by atoms with E-state index in [1.807, 2.05) is 49.5 Å². The molecule has 0 saturated carbocycles. The smallest absolute Gasteiger partial charge is 0.266 e. The van der Waals surface area contributed by atoms with Crippen molar-refractivity contribution in [3.8, 4) is 0 Å². The molecule has 0 spiro atoms. The number of imidazole rings is 1. The number of rotatable bonds is 4. The molecule has 3 aromatic heterocycles. The molecule has 0 aromatic carbocycles. The van der Waals surface area contributed by atoms with Crippen molar-refractivity contribution in [2.24, 2.45) is 0 Å². The van der Waals surface area contributed by atoms with Crippen molar-refractivity contribution < 1.29 is 4.79 Å². The van der Waals surface area contributed by atoms with Gasteiger partial charge in [-0.05, 0) is 51.3 Å². The van der Waals surface area contributed by atoms with Crippen LogP contribution in [0.1, 0.15) is 56.3 Å². The van der Waals surface area contributed by atoms with Gasteiger partial charge in [0, 0.05) is 37.4 Å². The Morgan fingerprint density at radius 1 is 1.26 bits per heavy atom. The Labute approximate surface area is 162 Å². The molecule has 1 aliphatic rings. The van der Waals surface area contributed by atoms with E-state index in [1.165, 1.54) is 16.9 Å². The van der Waals surface area contributed by atoms with Crippen molar-refractivity contribution in [2.75, 3.05) is 6.54 Å². The Morgan fingerprint density at radius 2 is 2.04 bits per heavy atom. The van der Waals surface area contributed by atoms with E-state index in [9.17, 15) is 4.79 Å². The van der Waals surface area contributed by atoms with Gasteiger partial charge in [-0.15, -0.1) is 11.3 Å². The summed E-state index contributed by atoms with van der Waals surface area (Å²) >= 11 is 1.48. The highest BCUT2D eigenvalue weighted by atomic mass is 32.1. The van der Waals surface area contributed by atoms with Crippen LogP contribution in [0.15, 0.2) is 30.7 Å². The Hall–Kier alpha value is -2.54. The normalized spacial score (nSPS) is 16.9. The average Bonchev–Trinajstić information content (AvgIpc) is 3.35. The van der Waals surface area contributed by atoms with Gasteiger partial charge in [0.2, 0.25) is 0 Å². The van der Waals surface area contributed by atoms with Crippen LogP contribution in [0.3, 0.4) is 0 Å². The SMILES string of the molecule is Cc1nc(C)c(C(=O)N2CCCC2c2ncc(C)n2Cc2ccncc2)s1. The maximum absolute atomic E-state index is 13.2. The number of likely N-dealkylation sites (tertiary alicyclic amines) is 1. The number of thiazole rings is 1. The predicted molar refractivity (Wildman–Crippen MR) is 105 cm³/mol. The summed E-state index contributed by atoms with van der Waals surface area (Å²) in [5.74, 6) is 1.05. The van der Waals surface area contributed by atoms with Crippen molar-refractivity contribution in [2.45, 2.75) is 46.2 Å². The summed E-state index contributed by atoms with van der Waals surface area (Å²) in [7, 11) is 0. The molecule has 1 aliphatic heterocycles. The number of hydrogen-bond acceptors (Lipinski definition) is 5. The van der Waals surface area contributed by atoms with Crippen LogP contribution in [0, 0.1) is 20.8 Å². The Balaban J connectivity index is 1.65. The fourth-order valence-electron chi connectivity index (χ4n) is 3.76. The maximum Gasteiger partial charge on any atom is 0.266 e. The van der Waals surface area contributed by atoms with E-state index in [0.29, 0.717) is 0 Å². The highest BCUT2D eigenvalue weighted by molar-refractivity contribution is 7.13. The number of hydrogen-bond donors (Lipinski definition) is 0. The lowest BCUT2D eigenvalue weighted by Gasteiger charge is -2.25. The van der Waals surface area contributed by atoms with Gasteiger partial charge in [0.05, 0.1) is 16.7 Å². The lowest BCUT2D eigenvalue weighted by molar-refractivity contribution is 0.0731. The van der Waals surface area contributed by atoms with Crippen LogP contribution in [0.4, 0.5) is 0 Å². The summed E-state index contributed by atoms with van der Waals surface area (Å²) in [5, 5.41) is 0.932. The van der Waals surface area contributed by atoms with Crippen LogP contribution in [-0.4, -0.2) is 36.9 Å². The van der Waals surface area contributed by atoms with Crippen LogP contribution < -0.4 is 0 Å². The second-order valence-electron chi connectivity index (χ2n) is 7.00. The van der Waals surface area contributed by atoms with Gasteiger partial charge < -0.3 is 9.47 Å². The van der Waals surface area contributed by atoms with Gasteiger partial charge in [-0.1, -0.05) is 0 Å². The molecule has 0 aliphatic carbocycles. The van der Waals surface area contributed by atoms with Crippen molar-refractivity contribution in [3.05, 3.63) is 63.4 Å². The van der Waals surface area contributed by atoms with Gasteiger partial charge in [0.15, 0.2) is 0 Å². The Morgan fingerprint density at radius 3 is 2.74 bits per heavy atom. The van der Waals surface area contributed by atoms with Gasteiger partial charge in [-0.25, -0.2) is 9.97 Å². The molecule has 1 unspecified atom stereocenters. The zero-order valence-corrected chi connectivity index (χ0v) is 16.7. The number of carbonyl (C=O) groups excluding carboxylic acids is 1. The highest BCUT2D eigenvalue weighted by Gasteiger charge is 2.35. The molecule has 140 valence electrons. The number of aromatic nitrogens is 4. The number of aryl methyl sites for hydroxylation is 3. The van der Waals surface area contributed by atoms with Crippen molar-refractivity contribution in [1.82, 2.24) is 24.4 Å². The topological polar surface area (TPSA) is 63.9 Å². The molecule has 6 nitrogen and oxygen atoms in total. The molecular formula is C20H23N5OS. The summed E-state index contributed by atoms with van der Waals surface area (Å²) in [5.41, 5.74) is 3.10. The molecular weight excluding hydrogens is 358 g/mol. The van der Waals surface area contributed by atoms with Gasteiger partial charge >= 0.3 is 0 Å². The van der Waals surface area contributed by atoms with Crippen molar-refractivity contribution in [3.63, 3.8) is 0 Å². The van der Waals surface area contributed by atoms with Gasteiger partial charge in [0.25, 0.3) is 5.91 Å². The summed E-state index contributed by atoms with van der Waals surface area (Å²) in [4.78, 5) is 29.1. The lowest BCUT2D eigenvalue weighted by Crippen LogP contribution is -2.32. The summed E-state index contributed by atoms with van der Waals surface area (Å²) in [6.45, 7) is 7.43. The molecule has 4 heterocycles. The molecule has 1 saturated heterocycles. The van der Waals surface area contributed by atoms with Gasteiger partial charge in [-0.3, -0.25) is 9.78 Å². The standard InChI is InChI=1S/C20H23N5OS/c1-13-11-22-19(25(13)12-16-6-8-21-9-7-16)17-5-4-10-24(17)20(26)18-14(2)23-15(3)27-18/h6-9,11,17H,4-5,10,12H2,1-3H3. The molecule has 0 N–H and O–H groups in total. The quantitative estimate of drug-likeness (QED) is 0.691. The van der Waals surface area contributed by atoms with Crippen LogP contribution in [0.2, 0.25) is 0 Å². The Bertz CT molecular complexity index is 962. The zero-order valence-electron chi connectivity index (χ0n) is 15.8. The van der Waals surface area contributed by atoms with E-state index in [-0.39, 0.29) is 11.9 Å². The summed E-state index contributed by atoms with van der Waals surface area (Å²) in [6, 6.07) is 4.05. The minimum absolute atomic E-state index is 0.00911. The molecule has 1 atom stereocenters. The van der Waals surface area contributed by atoms with Crippen molar-refractivity contribution in [1.29, 1.82) is 0 Å². The summed E-state index contributed by atoms with van der Waals surface area (Å²) < 4.78 is 2.22. The van der Waals surface area contributed by atoms with Crippen LogP contribution in [-0.2, 0) is 6.54 Å². The third-order valence-electron chi connectivity index (χ3n) is 5.09. The lowest BCUT2D eigenvalue weighted by atomic mass is 10.2. The predicted octanol–water partition coefficient (Wildman–Crippen LogP) is 3.69. The van der Waals surface area contributed by atoms with Crippen LogP contribution >= 0.6 is 11.3 Å². The van der Waals surface area contributed by atoms with E-state index in [4.69, 9.17) is 0 Å². The van der Waals surface area contributed by atoms with Gasteiger partial charge in [0.1, 0.15) is 10.7 Å². The first-order valence-electron chi connectivity index (χ1n) is 9.20. The molecule has 1 amide bonds. The number of amides is 1. The second kappa shape index (κ2) is 7.23. The molecule has 3 aromatic rings. The molecule has 1 fully saturated rings. The minimum atomic E-state index is 0.00911. The van der Waals surface area contributed by atoms with Gasteiger partial charge in [-0.2, -0.15) is 0 Å². The molecule has 27 heavy (non-hydrogen) atoms. The van der Waals surface area contributed by atoms with E-state index in [0.717, 1.165) is 53.0 Å². The molecule has 7 heteroatoms. The fourth-order valence-corrected chi connectivity index (χ4v) is 4.64. The maximum atomic E-state index is 13.2. The van der Waals surface area contributed by atoms with Crippen LogP contribution in [0.25, 0.3) is 0 Å². The largest absolute Gasteiger partial charge is 0.328 e. The van der Waals surface area contributed by atoms with E-state index in [1.54, 1.807) is 0 Å². The summed E-state index contributed by atoms with van der Waals surface area (Å²) in [6.07, 6.45) is 7.45. The third-order valence-corrected chi connectivity index (χ3v) is 6.15. The second-order valence-corrected chi connectivity index (χ2v) is 8.21. The zero-order chi connectivity index (χ0) is 19.0. The van der Waals surface area contributed by atoms with Crippen molar-refractivity contribution >= 4 is 17.2 Å². The Kier molecular flexibility index (Phi) is 4.78.